The average Bonchev–Trinajstić information content (AvgIpc) is 2.77. The van der Waals surface area contributed by atoms with E-state index in [0.717, 1.165) is 30.2 Å². The van der Waals surface area contributed by atoms with Gasteiger partial charge in [-0.05, 0) is 38.7 Å². The van der Waals surface area contributed by atoms with Crippen LogP contribution in [0.15, 0.2) is 24.3 Å². The highest BCUT2D eigenvalue weighted by Gasteiger charge is 2.17. The second-order valence-electron chi connectivity index (χ2n) is 6.57. The highest BCUT2D eigenvalue weighted by Crippen LogP contribution is 2.22. The van der Waals surface area contributed by atoms with Crippen molar-refractivity contribution in [1.82, 2.24) is 20.0 Å². The van der Waals surface area contributed by atoms with Crippen LogP contribution in [0.5, 0.6) is 0 Å². The predicted octanol–water partition coefficient (Wildman–Crippen LogP) is 2.33. The second-order valence-corrected chi connectivity index (χ2v) is 6.57. The molecule has 5 nitrogen and oxygen atoms in total. The summed E-state index contributed by atoms with van der Waals surface area (Å²) in [5, 5.41) is 8.02. The van der Waals surface area contributed by atoms with Gasteiger partial charge in [-0.25, -0.2) is 4.39 Å². The third-order valence-corrected chi connectivity index (χ3v) is 4.23. The van der Waals surface area contributed by atoms with E-state index in [2.05, 4.69) is 20.2 Å². The molecule has 24 heavy (non-hydrogen) atoms. The van der Waals surface area contributed by atoms with Gasteiger partial charge < -0.3 is 15.1 Å². The van der Waals surface area contributed by atoms with Crippen LogP contribution >= 0.6 is 0 Å². The molecule has 6 heteroatoms. The Kier molecular flexibility index (Phi) is 5.96. The molecule has 1 heterocycles. The summed E-state index contributed by atoms with van der Waals surface area (Å²) < 4.78 is 15.4. The van der Waals surface area contributed by atoms with E-state index in [1.807, 2.05) is 52.9 Å². The van der Waals surface area contributed by atoms with Crippen LogP contribution in [0.2, 0.25) is 0 Å². The monoisotopic (exact) mass is 333 g/mol. The first kappa shape index (κ1) is 18.4. The van der Waals surface area contributed by atoms with Gasteiger partial charge in [0.1, 0.15) is 11.6 Å². The van der Waals surface area contributed by atoms with Gasteiger partial charge in [-0.15, -0.1) is 0 Å². The highest BCUT2D eigenvalue weighted by atomic mass is 19.1. The minimum Gasteiger partial charge on any atom is -0.363 e. The van der Waals surface area contributed by atoms with E-state index in [1.54, 1.807) is 12.1 Å². The second kappa shape index (κ2) is 7.77. The zero-order valence-corrected chi connectivity index (χ0v) is 15.5. The van der Waals surface area contributed by atoms with Crippen molar-refractivity contribution in [2.45, 2.75) is 19.5 Å². The van der Waals surface area contributed by atoms with Gasteiger partial charge in [-0.1, -0.05) is 12.1 Å². The zero-order chi connectivity index (χ0) is 17.9. The molecule has 0 fully saturated rings. The van der Waals surface area contributed by atoms with Gasteiger partial charge in [0.25, 0.3) is 0 Å². The van der Waals surface area contributed by atoms with E-state index < -0.39 is 0 Å². The van der Waals surface area contributed by atoms with Crippen molar-refractivity contribution in [1.29, 1.82) is 0 Å². The summed E-state index contributed by atoms with van der Waals surface area (Å²) in [6, 6.07) is 6.92. The van der Waals surface area contributed by atoms with E-state index in [0.29, 0.717) is 0 Å². The summed E-state index contributed by atoms with van der Waals surface area (Å²) in [7, 11) is 10.0. The van der Waals surface area contributed by atoms with Crippen LogP contribution in [-0.4, -0.2) is 49.4 Å². The molecule has 0 saturated carbocycles. The molecule has 0 aliphatic rings. The number of nitrogens with zero attached hydrogens (tertiary/aromatic N) is 4. The summed E-state index contributed by atoms with van der Waals surface area (Å²) in [5.41, 5.74) is 3.20. The Morgan fingerprint density at radius 1 is 1.25 bits per heavy atom. The van der Waals surface area contributed by atoms with Crippen molar-refractivity contribution in [3.63, 3.8) is 0 Å². The lowest BCUT2D eigenvalue weighted by atomic mass is 10.1. The summed E-state index contributed by atoms with van der Waals surface area (Å²) in [6.45, 7) is 3.49. The quantitative estimate of drug-likeness (QED) is 0.844. The van der Waals surface area contributed by atoms with Crippen LogP contribution in [0.3, 0.4) is 0 Å². The molecule has 0 saturated heterocycles. The van der Waals surface area contributed by atoms with Crippen molar-refractivity contribution >= 4 is 5.82 Å². The van der Waals surface area contributed by atoms with Crippen LogP contribution in [0, 0.1) is 12.7 Å². The van der Waals surface area contributed by atoms with Gasteiger partial charge >= 0.3 is 0 Å². The van der Waals surface area contributed by atoms with Gasteiger partial charge in [-0.2, -0.15) is 5.10 Å². The minimum atomic E-state index is -0.197. The van der Waals surface area contributed by atoms with Crippen molar-refractivity contribution in [3.8, 4) is 0 Å². The Bertz CT molecular complexity index is 678. The SMILES string of the molecule is Cc1nn(C)c(N(C)C)c1CNC[C@@H](c1cccc(F)c1)N(C)C. The number of anilines is 1. The first-order valence-corrected chi connectivity index (χ1v) is 8.13. The molecular formula is C18H28FN5. The number of aryl methyl sites for hydroxylation is 2. The van der Waals surface area contributed by atoms with Gasteiger partial charge in [0.15, 0.2) is 0 Å². The van der Waals surface area contributed by atoms with Crippen molar-refractivity contribution in [2.75, 3.05) is 39.6 Å². The van der Waals surface area contributed by atoms with Crippen LogP contribution in [0.4, 0.5) is 10.2 Å². The Labute approximate surface area is 144 Å². The number of likely N-dealkylation sites (N-methyl/N-ethyl adjacent to an activating group) is 1. The fraction of sp³-hybridized carbons (Fsp3) is 0.500. The fourth-order valence-corrected chi connectivity index (χ4v) is 3.10. The van der Waals surface area contributed by atoms with Gasteiger partial charge in [0.2, 0.25) is 0 Å². The van der Waals surface area contributed by atoms with E-state index in [-0.39, 0.29) is 11.9 Å². The number of hydrogen-bond donors (Lipinski definition) is 1. The molecule has 1 aromatic heterocycles. The zero-order valence-electron chi connectivity index (χ0n) is 15.5. The molecule has 2 rings (SSSR count). The number of nitrogens with one attached hydrogen (secondary N) is 1. The van der Waals surface area contributed by atoms with Crippen molar-refractivity contribution < 1.29 is 4.39 Å². The molecule has 0 unspecified atom stereocenters. The molecule has 0 radical (unpaired) electrons. The molecule has 0 spiro atoms. The molecule has 1 N–H and O–H groups in total. The topological polar surface area (TPSA) is 36.3 Å². The number of benzene rings is 1. The first-order valence-electron chi connectivity index (χ1n) is 8.13. The molecule has 0 aliphatic heterocycles. The lowest BCUT2D eigenvalue weighted by Crippen LogP contribution is -2.31. The highest BCUT2D eigenvalue weighted by molar-refractivity contribution is 5.48. The summed E-state index contributed by atoms with van der Waals surface area (Å²) in [6.07, 6.45) is 0. The molecule has 1 aromatic carbocycles. The Hall–Kier alpha value is -1.92. The van der Waals surface area contributed by atoms with Crippen LogP contribution in [0.1, 0.15) is 22.9 Å². The third-order valence-electron chi connectivity index (χ3n) is 4.23. The molecule has 0 amide bonds. The Balaban J connectivity index is 2.09. The Morgan fingerprint density at radius 2 is 1.96 bits per heavy atom. The number of rotatable bonds is 7. The van der Waals surface area contributed by atoms with E-state index >= 15 is 0 Å². The molecule has 2 aromatic rings. The van der Waals surface area contributed by atoms with Gasteiger partial charge in [0.05, 0.1) is 5.69 Å². The van der Waals surface area contributed by atoms with Crippen molar-refractivity contribution in [2.24, 2.45) is 7.05 Å². The molecule has 1 atom stereocenters. The lowest BCUT2D eigenvalue weighted by Gasteiger charge is -2.25. The first-order chi connectivity index (χ1) is 11.3. The van der Waals surface area contributed by atoms with E-state index in [4.69, 9.17) is 0 Å². The minimum absolute atomic E-state index is 0.112. The van der Waals surface area contributed by atoms with Crippen LogP contribution < -0.4 is 10.2 Å². The average molecular weight is 333 g/mol. The maximum Gasteiger partial charge on any atom is 0.130 e. The van der Waals surface area contributed by atoms with Crippen molar-refractivity contribution in [3.05, 3.63) is 46.9 Å². The number of halogens is 1. The van der Waals surface area contributed by atoms with Gasteiger partial charge in [0, 0.05) is 45.8 Å². The summed E-state index contributed by atoms with van der Waals surface area (Å²) in [5.74, 6) is 0.907. The fourth-order valence-electron chi connectivity index (χ4n) is 3.10. The van der Waals surface area contributed by atoms with E-state index in [1.165, 1.54) is 11.6 Å². The lowest BCUT2D eigenvalue weighted by molar-refractivity contribution is 0.287. The molecule has 0 bridgehead atoms. The molecule has 132 valence electrons. The largest absolute Gasteiger partial charge is 0.363 e. The Morgan fingerprint density at radius 3 is 2.54 bits per heavy atom. The van der Waals surface area contributed by atoms with Gasteiger partial charge in [-0.3, -0.25) is 4.68 Å². The standard InChI is InChI=1S/C18H28FN5/c1-13-16(18(23(4)5)24(6)21-13)11-20-12-17(22(2)3)14-8-7-9-15(19)10-14/h7-10,17,20H,11-12H2,1-6H3/t17-/m0/s1. The normalized spacial score (nSPS) is 12.7. The number of aromatic nitrogens is 2. The number of hydrogen-bond acceptors (Lipinski definition) is 4. The summed E-state index contributed by atoms with van der Waals surface area (Å²) in [4.78, 5) is 4.18. The predicted molar refractivity (Wildman–Crippen MR) is 96.8 cm³/mol. The maximum absolute atomic E-state index is 13.5. The van der Waals surface area contributed by atoms with Crippen LogP contribution in [0.25, 0.3) is 0 Å². The molecule has 0 aliphatic carbocycles. The maximum atomic E-state index is 13.5. The molecular weight excluding hydrogens is 305 g/mol. The smallest absolute Gasteiger partial charge is 0.130 e. The van der Waals surface area contributed by atoms with E-state index in [9.17, 15) is 4.39 Å². The third kappa shape index (κ3) is 4.13. The van der Waals surface area contributed by atoms with Crippen LogP contribution in [-0.2, 0) is 13.6 Å². The summed E-state index contributed by atoms with van der Waals surface area (Å²) >= 11 is 0.